The average molecular weight is 529 g/mol. The number of rotatable bonds is 9. The molecule has 3 rings (SSSR count). The van der Waals surface area contributed by atoms with Crippen LogP contribution in [-0.2, 0) is 20.9 Å². The molecule has 0 spiro atoms. The van der Waals surface area contributed by atoms with Gasteiger partial charge in [0.2, 0.25) is 17.7 Å². The van der Waals surface area contributed by atoms with Crippen molar-refractivity contribution in [2.45, 2.75) is 85.5 Å². The number of aryl methyl sites for hydroxylation is 1. The lowest BCUT2D eigenvalue weighted by molar-refractivity contribution is -0.144. The molecular formula is C28H40N4O4S. The summed E-state index contributed by atoms with van der Waals surface area (Å²) in [6.07, 6.45) is 0.443. The number of benzene rings is 1. The number of carbonyl (C=O) groups is 3. The Morgan fingerprint density at radius 1 is 1.19 bits per heavy atom. The zero-order valence-corrected chi connectivity index (χ0v) is 23.5. The lowest BCUT2D eigenvalue weighted by atomic mass is 9.85. The summed E-state index contributed by atoms with van der Waals surface area (Å²) in [5.41, 5.74) is 4.26. The van der Waals surface area contributed by atoms with Crippen molar-refractivity contribution in [1.82, 2.24) is 20.5 Å². The number of amides is 3. The summed E-state index contributed by atoms with van der Waals surface area (Å²) in [6.45, 7) is 12.1. The van der Waals surface area contributed by atoms with Crippen LogP contribution in [-0.4, -0.2) is 57.4 Å². The van der Waals surface area contributed by atoms with Crippen molar-refractivity contribution in [3.8, 4) is 10.4 Å². The van der Waals surface area contributed by atoms with E-state index in [1.54, 1.807) is 11.3 Å². The number of aliphatic hydroxyl groups is 1. The normalized spacial score (nSPS) is 18.6. The molecule has 37 heavy (non-hydrogen) atoms. The quantitative estimate of drug-likeness (QED) is 0.460. The lowest BCUT2D eigenvalue weighted by Crippen LogP contribution is -2.57. The van der Waals surface area contributed by atoms with Crippen LogP contribution < -0.4 is 10.6 Å². The second kappa shape index (κ2) is 12.2. The zero-order valence-electron chi connectivity index (χ0n) is 22.7. The molecule has 0 saturated carbocycles. The minimum atomic E-state index is -0.796. The summed E-state index contributed by atoms with van der Waals surface area (Å²) >= 11 is 1.59. The van der Waals surface area contributed by atoms with Crippen LogP contribution in [0.4, 0.5) is 0 Å². The molecule has 1 fully saturated rings. The number of aliphatic hydroxyl groups excluding tert-OH is 1. The van der Waals surface area contributed by atoms with Gasteiger partial charge in [-0.25, -0.2) is 4.98 Å². The monoisotopic (exact) mass is 528 g/mol. The van der Waals surface area contributed by atoms with E-state index < -0.39 is 23.6 Å². The van der Waals surface area contributed by atoms with Crippen LogP contribution in [0.5, 0.6) is 0 Å². The molecule has 0 bridgehead atoms. The third-order valence-corrected chi connectivity index (χ3v) is 7.64. The summed E-state index contributed by atoms with van der Waals surface area (Å²) in [7, 11) is 0. The van der Waals surface area contributed by atoms with E-state index in [0.717, 1.165) is 28.1 Å². The molecular weight excluding hydrogens is 488 g/mol. The second-order valence-corrected chi connectivity index (χ2v) is 12.2. The summed E-state index contributed by atoms with van der Waals surface area (Å²) < 4.78 is 0. The molecule has 0 aliphatic carbocycles. The molecule has 0 radical (unpaired) electrons. The molecule has 202 valence electrons. The molecule has 3 atom stereocenters. The average Bonchev–Trinajstić information content (AvgIpc) is 3.44. The molecule has 2 aromatic rings. The summed E-state index contributed by atoms with van der Waals surface area (Å²) in [6, 6.07) is 6.35. The Morgan fingerprint density at radius 3 is 2.43 bits per heavy atom. The highest BCUT2D eigenvalue weighted by Crippen LogP contribution is 2.28. The molecule has 1 aromatic carbocycles. The van der Waals surface area contributed by atoms with Gasteiger partial charge in [-0.3, -0.25) is 14.4 Å². The molecule has 1 aliphatic rings. The smallest absolute Gasteiger partial charge is 0.246 e. The number of hydrogen-bond donors (Lipinski definition) is 3. The first-order chi connectivity index (χ1) is 17.4. The predicted octanol–water partition coefficient (Wildman–Crippen LogP) is 3.66. The Hall–Kier alpha value is -2.78. The first-order valence-electron chi connectivity index (χ1n) is 12.9. The Kier molecular flexibility index (Phi) is 9.47. The Bertz CT molecular complexity index is 1090. The molecule has 3 unspecified atom stereocenters. The van der Waals surface area contributed by atoms with Crippen molar-refractivity contribution >= 4 is 29.1 Å². The summed E-state index contributed by atoms with van der Waals surface area (Å²) in [5, 5.41) is 16.2. The van der Waals surface area contributed by atoms with E-state index in [-0.39, 0.29) is 30.7 Å². The van der Waals surface area contributed by atoms with Crippen LogP contribution in [0.25, 0.3) is 10.4 Å². The number of thiazole rings is 1. The Balaban J connectivity index is 1.66. The highest BCUT2D eigenvalue weighted by Gasteiger charge is 2.44. The molecule has 1 saturated heterocycles. The first-order valence-corrected chi connectivity index (χ1v) is 13.8. The molecule has 3 amide bonds. The third-order valence-electron chi connectivity index (χ3n) is 6.66. The largest absolute Gasteiger partial charge is 0.391 e. The van der Waals surface area contributed by atoms with Crippen molar-refractivity contribution in [2.24, 2.45) is 11.3 Å². The number of likely N-dealkylation sites (tertiary alicyclic amines) is 1. The standard InChI is InChI=1S/C28H40N4O4S/c1-17(2)7-12-23(34)31-25(28(4,5)6)27(36)32-15-21(33)13-22(32)26(35)29-14-19-8-10-20(11-9-19)24-18(3)30-16-37-24/h8-11,16-17,21-22,25,33H,7,12-15H2,1-6H3,(H,29,35)(H,31,34). The van der Waals surface area contributed by atoms with Crippen LogP contribution in [0.15, 0.2) is 29.8 Å². The highest BCUT2D eigenvalue weighted by molar-refractivity contribution is 7.13. The van der Waals surface area contributed by atoms with E-state index >= 15 is 0 Å². The van der Waals surface area contributed by atoms with Gasteiger partial charge in [-0.15, -0.1) is 11.3 Å². The van der Waals surface area contributed by atoms with Gasteiger partial charge in [0.15, 0.2) is 0 Å². The summed E-state index contributed by atoms with van der Waals surface area (Å²) in [4.78, 5) is 46.1. The van der Waals surface area contributed by atoms with E-state index in [1.165, 1.54) is 4.90 Å². The van der Waals surface area contributed by atoms with E-state index in [2.05, 4.69) is 15.6 Å². The highest BCUT2D eigenvalue weighted by atomic mass is 32.1. The van der Waals surface area contributed by atoms with Crippen LogP contribution in [0.1, 0.15) is 65.1 Å². The van der Waals surface area contributed by atoms with Gasteiger partial charge in [0.05, 0.1) is 22.2 Å². The topological polar surface area (TPSA) is 112 Å². The van der Waals surface area contributed by atoms with E-state index in [4.69, 9.17) is 0 Å². The van der Waals surface area contributed by atoms with Crippen LogP contribution >= 0.6 is 11.3 Å². The fourth-order valence-electron chi connectivity index (χ4n) is 4.43. The van der Waals surface area contributed by atoms with Crippen molar-refractivity contribution in [2.75, 3.05) is 6.54 Å². The summed E-state index contributed by atoms with van der Waals surface area (Å²) in [5.74, 6) is -0.457. The van der Waals surface area contributed by atoms with Gasteiger partial charge in [0.1, 0.15) is 12.1 Å². The number of nitrogens with zero attached hydrogens (tertiary/aromatic N) is 2. The van der Waals surface area contributed by atoms with Crippen LogP contribution in [0, 0.1) is 18.3 Å². The minimum Gasteiger partial charge on any atom is -0.391 e. The fourth-order valence-corrected chi connectivity index (χ4v) is 5.24. The van der Waals surface area contributed by atoms with E-state index in [0.29, 0.717) is 18.9 Å². The first kappa shape index (κ1) is 28.8. The third kappa shape index (κ3) is 7.61. The molecule has 1 aliphatic heterocycles. The fraction of sp³-hybridized carbons (Fsp3) is 0.571. The number of nitrogens with one attached hydrogen (secondary N) is 2. The second-order valence-electron chi connectivity index (χ2n) is 11.4. The molecule has 2 heterocycles. The minimum absolute atomic E-state index is 0.0638. The number of carbonyl (C=O) groups excluding carboxylic acids is 3. The zero-order chi connectivity index (χ0) is 27.3. The van der Waals surface area contributed by atoms with Gasteiger partial charge in [-0.05, 0) is 35.8 Å². The van der Waals surface area contributed by atoms with Gasteiger partial charge in [0.25, 0.3) is 0 Å². The number of β-amino-alcohol motifs (C(OH)–C–C–N with tert-alkyl or cyclic N) is 1. The predicted molar refractivity (Wildman–Crippen MR) is 146 cm³/mol. The maximum Gasteiger partial charge on any atom is 0.246 e. The van der Waals surface area contributed by atoms with Crippen molar-refractivity contribution in [3.63, 3.8) is 0 Å². The van der Waals surface area contributed by atoms with E-state index in [9.17, 15) is 19.5 Å². The molecule has 1 aromatic heterocycles. The van der Waals surface area contributed by atoms with Gasteiger partial charge in [-0.2, -0.15) is 0 Å². The SMILES string of the molecule is Cc1ncsc1-c1ccc(CNC(=O)C2CC(O)CN2C(=O)C(NC(=O)CCC(C)C)C(C)(C)C)cc1. The maximum atomic E-state index is 13.6. The van der Waals surface area contributed by atoms with Gasteiger partial charge >= 0.3 is 0 Å². The van der Waals surface area contributed by atoms with Crippen molar-refractivity contribution < 1.29 is 19.5 Å². The van der Waals surface area contributed by atoms with Crippen molar-refractivity contribution in [3.05, 3.63) is 41.0 Å². The van der Waals surface area contributed by atoms with E-state index in [1.807, 2.05) is 71.3 Å². The number of hydrogen-bond acceptors (Lipinski definition) is 6. The molecule has 8 nitrogen and oxygen atoms in total. The Morgan fingerprint density at radius 2 is 1.86 bits per heavy atom. The van der Waals surface area contributed by atoms with Crippen LogP contribution in [0.2, 0.25) is 0 Å². The lowest BCUT2D eigenvalue weighted by Gasteiger charge is -2.35. The maximum absolute atomic E-state index is 13.6. The van der Waals surface area contributed by atoms with Gasteiger partial charge in [-0.1, -0.05) is 58.9 Å². The van der Waals surface area contributed by atoms with Crippen LogP contribution in [0.3, 0.4) is 0 Å². The number of aromatic nitrogens is 1. The Labute approximate surface area is 223 Å². The molecule has 3 N–H and O–H groups in total. The molecule has 9 heteroatoms. The van der Waals surface area contributed by atoms with Gasteiger partial charge in [0, 0.05) is 25.9 Å². The van der Waals surface area contributed by atoms with Gasteiger partial charge < -0.3 is 20.6 Å². The van der Waals surface area contributed by atoms with Crippen molar-refractivity contribution in [1.29, 1.82) is 0 Å².